The number of ether oxygens (including phenoxy) is 2. The Morgan fingerprint density at radius 3 is 2.71 bits per heavy atom. The summed E-state index contributed by atoms with van der Waals surface area (Å²) in [6.45, 7) is 6.51. The van der Waals surface area contributed by atoms with Crippen molar-refractivity contribution in [2.45, 2.75) is 76.4 Å². The molecule has 6 heteroatoms. The van der Waals surface area contributed by atoms with Crippen molar-refractivity contribution in [1.82, 2.24) is 14.8 Å². The van der Waals surface area contributed by atoms with Crippen molar-refractivity contribution < 1.29 is 14.3 Å². The molecule has 0 unspecified atom stereocenters. The number of nitrogens with zero attached hydrogens (tertiary/aromatic N) is 2. The first-order chi connectivity index (χ1) is 16.5. The van der Waals surface area contributed by atoms with Crippen LogP contribution in [0.4, 0.5) is 0 Å². The number of nitrogens with one attached hydrogen (secondary N) is 1. The molecular weight excluding hydrogens is 426 g/mol. The Bertz CT molecular complexity index is 1010. The van der Waals surface area contributed by atoms with Crippen LogP contribution in [0.25, 0.3) is 0 Å². The summed E-state index contributed by atoms with van der Waals surface area (Å²) in [4.78, 5) is 15.4. The minimum absolute atomic E-state index is 0.0232. The first-order valence-electron chi connectivity index (χ1n) is 13.1. The molecule has 1 N–H and O–H groups in total. The number of amides is 1. The standard InChI is InChI=1S/C28H39N3O3/c1-20(2)12-18-34-24-11-10-21(19-25(24)33-3)27(32)30-16-13-28(14-17-30)26-9-6-15-31(26)23-8-5-4-7-22(23)29-28/h6,9-11,15,19-20,22-23,29H,4-5,7-8,12-14,16-18H2,1-3H3/t22-,23-/m1/s1. The Labute approximate surface area is 203 Å². The van der Waals surface area contributed by atoms with Crippen molar-refractivity contribution in [3.05, 3.63) is 47.8 Å². The van der Waals surface area contributed by atoms with Crippen molar-refractivity contribution in [3.8, 4) is 11.5 Å². The number of rotatable bonds is 6. The van der Waals surface area contributed by atoms with E-state index in [1.807, 2.05) is 23.1 Å². The highest BCUT2D eigenvalue weighted by atomic mass is 16.5. The average molecular weight is 466 g/mol. The second kappa shape index (κ2) is 9.65. The molecule has 1 saturated heterocycles. The van der Waals surface area contributed by atoms with Gasteiger partial charge in [-0.15, -0.1) is 0 Å². The molecule has 34 heavy (non-hydrogen) atoms. The van der Waals surface area contributed by atoms with E-state index in [1.165, 1.54) is 31.4 Å². The zero-order chi connectivity index (χ0) is 23.7. The molecule has 5 rings (SSSR count). The molecule has 1 aromatic heterocycles. The maximum Gasteiger partial charge on any atom is 0.253 e. The van der Waals surface area contributed by atoms with Crippen LogP contribution in [0.2, 0.25) is 0 Å². The highest BCUT2D eigenvalue weighted by molar-refractivity contribution is 5.95. The van der Waals surface area contributed by atoms with E-state index in [0.717, 1.165) is 32.4 Å². The van der Waals surface area contributed by atoms with Crippen molar-refractivity contribution >= 4 is 5.91 Å². The lowest BCUT2D eigenvalue weighted by Gasteiger charge is -2.52. The predicted octanol–water partition coefficient (Wildman–Crippen LogP) is 5.14. The molecule has 2 atom stereocenters. The zero-order valence-electron chi connectivity index (χ0n) is 20.9. The molecule has 1 amide bonds. The fraction of sp³-hybridized carbons (Fsp3) is 0.607. The van der Waals surface area contributed by atoms with E-state index < -0.39 is 0 Å². The Kier molecular flexibility index (Phi) is 6.61. The monoisotopic (exact) mass is 465 g/mol. The van der Waals surface area contributed by atoms with Gasteiger partial charge in [-0.1, -0.05) is 26.7 Å². The van der Waals surface area contributed by atoms with Gasteiger partial charge in [0.2, 0.25) is 0 Å². The molecular formula is C28H39N3O3. The van der Waals surface area contributed by atoms with Gasteiger partial charge in [-0.05, 0) is 68.4 Å². The van der Waals surface area contributed by atoms with Crippen LogP contribution >= 0.6 is 0 Å². The van der Waals surface area contributed by atoms with Gasteiger partial charge < -0.3 is 24.3 Å². The third-order valence-electron chi connectivity index (χ3n) is 8.09. The van der Waals surface area contributed by atoms with Gasteiger partial charge in [0, 0.05) is 42.6 Å². The molecule has 1 aromatic carbocycles. The zero-order valence-corrected chi connectivity index (χ0v) is 20.9. The second-order valence-corrected chi connectivity index (χ2v) is 10.7. The number of fused-ring (bicyclic) bond motifs is 4. The third-order valence-corrected chi connectivity index (χ3v) is 8.09. The summed E-state index contributed by atoms with van der Waals surface area (Å²) in [5.74, 6) is 1.98. The van der Waals surface area contributed by atoms with Gasteiger partial charge in [0.15, 0.2) is 11.5 Å². The third kappa shape index (κ3) is 4.33. The Morgan fingerprint density at radius 1 is 1.15 bits per heavy atom. The van der Waals surface area contributed by atoms with Gasteiger partial charge in [0.25, 0.3) is 5.91 Å². The van der Waals surface area contributed by atoms with Crippen molar-refractivity contribution in [2.24, 2.45) is 5.92 Å². The number of likely N-dealkylation sites (tertiary alicyclic amines) is 1. The summed E-state index contributed by atoms with van der Waals surface area (Å²) in [6.07, 6.45) is 10.3. The first kappa shape index (κ1) is 23.3. The molecule has 184 valence electrons. The van der Waals surface area contributed by atoms with Gasteiger partial charge in [0.1, 0.15) is 0 Å². The molecule has 2 aliphatic heterocycles. The summed E-state index contributed by atoms with van der Waals surface area (Å²) in [5.41, 5.74) is 2.05. The van der Waals surface area contributed by atoms with E-state index in [1.54, 1.807) is 7.11 Å². The van der Waals surface area contributed by atoms with E-state index in [-0.39, 0.29) is 11.4 Å². The normalized spacial score (nSPS) is 23.5. The molecule has 1 spiro atoms. The van der Waals surface area contributed by atoms with Crippen LogP contribution in [0.1, 0.15) is 80.9 Å². The minimum Gasteiger partial charge on any atom is -0.493 e. The van der Waals surface area contributed by atoms with E-state index in [2.05, 4.69) is 42.1 Å². The molecule has 2 fully saturated rings. The summed E-state index contributed by atoms with van der Waals surface area (Å²) in [5, 5.41) is 4.07. The number of aromatic nitrogens is 1. The lowest BCUT2D eigenvalue weighted by molar-refractivity contribution is 0.0512. The average Bonchev–Trinajstić information content (AvgIpc) is 3.36. The number of hydrogen-bond donors (Lipinski definition) is 1. The highest BCUT2D eigenvalue weighted by Gasteiger charge is 2.46. The summed E-state index contributed by atoms with van der Waals surface area (Å²) >= 11 is 0. The second-order valence-electron chi connectivity index (χ2n) is 10.7. The molecule has 0 bridgehead atoms. The van der Waals surface area contributed by atoms with Crippen LogP contribution < -0.4 is 14.8 Å². The van der Waals surface area contributed by atoms with Crippen molar-refractivity contribution in [1.29, 1.82) is 0 Å². The molecule has 1 aliphatic carbocycles. The van der Waals surface area contributed by atoms with Crippen LogP contribution in [-0.2, 0) is 5.54 Å². The maximum atomic E-state index is 13.4. The molecule has 2 aromatic rings. The van der Waals surface area contributed by atoms with E-state index in [4.69, 9.17) is 9.47 Å². The molecule has 3 heterocycles. The maximum absolute atomic E-state index is 13.4. The van der Waals surface area contributed by atoms with Crippen LogP contribution in [0.5, 0.6) is 11.5 Å². The summed E-state index contributed by atoms with van der Waals surface area (Å²) in [7, 11) is 1.63. The first-order valence-corrected chi connectivity index (χ1v) is 13.1. The highest BCUT2D eigenvalue weighted by Crippen LogP contribution is 2.44. The van der Waals surface area contributed by atoms with Crippen LogP contribution in [-0.4, -0.2) is 48.2 Å². The van der Waals surface area contributed by atoms with Crippen LogP contribution in [0.15, 0.2) is 36.5 Å². The Hall–Kier alpha value is -2.47. The van der Waals surface area contributed by atoms with Crippen molar-refractivity contribution in [3.63, 3.8) is 0 Å². The molecule has 0 radical (unpaired) electrons. The van der Waals surface area contributed by atoms with Gasteiger partial charge >= 0.3 is 0 Å². The fourth-order valence-corrected chi connectivity index (χ4v) is 6.13. The smallest absolute Gasteiger partial charge is 0.253 e. The molecule has 1 saturated carbocycles. The number of piperidine rings is 1. The molecule has 3 aliphatic rings. The van der Waals surface area contributed by atoms with E-state index >= 15 is 0 Å². The number of benzene rings is 1. The molecule has 6 nitrogen and oxygen atoms in total. The van der Waals surface area contributed by atoms with E-state index in [0.29, 0.717) is 41.7 Å². The van der Waals surface area contributed by atoms with Gasteiger partial charge in [-0.2, -0.15) is 0 Å². The summed E-state index contributed by atoms with van der Waals surface area (Å²) in [6, 6.07) is 11.2. The number of hydrogen-bond acceptors (Lipinski definition) is 4. The van der Waals surface area contributed by atoms with Gasteiger partial charge in [-0.25, -0.2) is 0 Å². The SMILES string of the molecule is COc1cc(C(=O)N2CCC3(CC2)N[C@@H]2CCCC[C@H]2n2cccc23)ccc1OCCC(C)C. The largest absolute Gasteiger partial charge is 0.493 e. The van der Waals surface area contributed by atoms with Gasteiger partial charge in [-0.3, -0.25) is 4.79 Å². The Morgan fingerprint density at radius 2 is 1.94 bits per heavy atom. The van der Waals surface area contributed by atoms with Crippen molar-refractivity contribution in [2.75, 3.05) is 26.8 Å². The van der Waals surface area contributed by atoms with Gasteiger partial charge in [0.05, 0.1) is 19.3 Å². The lowest BCUT2D eigenvalue weighted by Crippen LogP contribution is -2.61. The predicted molar refractivity (Wildman–Crippen MR) is 134 cm³/mol. The lowest BCUT2D eigenvalue weighted by atomic mass is 9.77. The van der Waals surface area contributed by atoms with E-state index in [9.17, 15) is 4.79 Å². The Balaban J connectivity index is 1.27. The quantitative estimate of drug-likeness (QED) is 0.642. The minimum atomic E-state index is -0.0232. The van der Waals surface area contributed by atoms with Crippen LogP contribution in [0, 0.1) is 5.92 Å². The number of carbonyl (C=O) groups is 1. The number of carbonyl (C=O) groups excluding carboxylic acids is 1. The fourth-order valence-electron chi connectivity index (χ4n) is 6.13. The van der Waals surface area contributed by atoms with Crippen LogP contribution in [0.3, 0.4) is 0 Å². The topological polar surface area (TPSA) is 55.7 Å². The number of methoxy groups -OCH3 is 1. The summed E-state index contributed by atoms with van der Waals surface area (Å²) < 4.78 is 14.0.